The lowest BCUT2D eigenvalue weighted by Crippen LogP contribution is -2.46. The number of hydrazine groups is 1. The smallest absolute Gasteiger partial charge is 0.342 e. The van der Waals surface area contributed by atoms with Crippen LogP contribution in [0.3, 0.4) is 0 Å². The SMILES string of the molecule is Cc1occc1C(=O)O[C@H](C)C(=O)NNC(=O)c1ccccc1. The number of carbonyl (C=O) groups is 3. The summed E-state index contributed by atoms with van der Waals surface area (Å²) >= 11 is 0. The van der Waals surface area contributed by atoms with Gasteiger partial charge in [0.2, 0.25) is 0 Å². The van der Waals surface area contributed by atoms with Crippen LogP contribution in [-0.4, -0.2) is 23.9 Å². The van der Waals surface area contributed by atoms with Crippen molar-refractivity contribution < 1.29 is 23.5 Å². The first-order chi connectivity index (χ1) is 11.0. The molecular formula is C16H16N2O5. The van der Waals surface area contributed by atoms with Crippen LogP contribution >= 0.6 is 0 Å². The molecule has 2 rings (SSSR count). The van der Waals surface area contributed by atoms with Gasteiger partial charge in [-0.3, -0.25) is 20.4 Å². The molecular weight excluding hydrogens is 300 g/mol. The molecule has 23 heavy (non-hydrogen) atoms. The Morgan fingerprint density at radius 2 is 1.78 bits per heavy atom. The summed E-state index contributed by atoms with van der Waals surface area (Å²) in [6.45, 7) is 3.01. The van der Waals surface area contributed by atoms with Crippen LogP contribution in [0, 0.1) is 6.92 Å². The maximum absolute atomic E-state index is 11.9. The Bertz CT molecular complexity index is 708. The van der Waals surface area contributed by atoms with Crippen LogP contribution < -0.4 is 10.9 Å². The molecule has 0 bridgehead atoms. The van der Waals surface area contributed by atoms with Crippen molar-refractivity contribution in [2.24, 2.45) is 0 Å². The molecule has 0 saturated carbocycles. The molecule has 1 heterocycles. The highest BCUT2D eigenvalue weighted by molar-refractivity contribution is 5.96. The van der Waals surface area contributed by atoms with Crippen LogP contribution in [0.4, 0.5) is 0 Å². The first-order valence-electron chi connectivity index (χ1n) is 6.89. The van der Waals surface area contributed by atoms with E-state index in [1.165, 1.54) is 19.3 Å². The highest BCUT2D eigenvalue weighted by Gasteiger charge is 2.21. The van der Waals surface area contributed by atoms with Gasteiger partial charge in [-0.25, -0.2) is 4.79 Å². The summed E-state index contributed by atoms with van der Waals surface area (Å²) in [4.78, 5) is 35.5. The van der Waals surface area contributed by atoms with Crippen molar-refractivity contribution >= 4 is 17.8 Å². The van der Waals surface area contributed by atoms with Crippen LogP contribution in [-0.2, 0) is 9.53 Å². The van der Waals surface area contributed by atoms with Crippen LogP contribution in [0.15, 0.2) is 47.1 Å². The van der Waals surface area contributed by atoms with Crippen LogP contribution in [0.5, 0.6) is 0 Å². The number of ether oxygens (including phenoxy) is 1. The third-order valence-electron chi connectivity index (χ3n) is 3.07. The van der Waals surface area contributed by atoms with Gasteiger partial charge in [0.15, 0.2) is 6.10 Å². The average Bonchev–Trinajstić information content (AvgIpc) is 2.99. The highest BCUT2D eigenvalue weighted by Crippen LogP contribution is 2.11. The van der Waals surface area contributed by atoms with E-state index in [1.54, 1.807) is 37.3 Å². The van der Waals surface area contributed by atoms with Crippen LogP contribution in [0.25, 0.3) is 0 Å². The van der Waals surface area contributed by atoms with Crippen molar-refractivity contribution in [1.82, 2.24) is 10.9 Å². The minimum Gasteiger partial charge on any atom is -0.469 e. The van der Waals surface area contributed by atoms with Crippen molar-refractivity contribution in [1.29, 1.82) is 0 Å². The zero-order valence-electron chi connectivity index (χ0n) is 12.7. The Hall–Kier alpha value is -3.09. The van der Waals surface area contributed by atoms with Crippen molar-refractivity contribution in [3.05, 3.63) is 59.5 Å². The van der Waals surface area contributed by atoms with E-state index in [1.807, 2.05) is 0 Å². The van der Waals surface area contributed by atoms with Gasteiger partial charge in [-0.2, -0.15) is 0 Å². The predicted molar refractivity (Wildman–Crippen MR) is 80.4 cm³/mol. The maximum atomic E-state index is 11.9. The van der Waals surface area contributed by atoms with E-state index in [0.717, 1.165) is 0 Å². The van der Waals surface area contributed by atoms with E-state index in [9.17, 15) is 14.4 Å². The number of esters is 1. The molecule has 0 aliphatic heterocycles. The van der Waals surface area contributed by atoms with Crippen molar-refractivity contribution in [2.75, 3.05) is 0 Å². The molecule has 0 spiro atoms. The first kappa shape index (κ1) is 16.3. The van der Waals surface area contributed by atoms with Gasteiger partial charge in [-0.1, -0.05) is 18.2 Å². The lowest BCUT2D eigenvalue weighted by molar-refractivity contribution is -0.129. The fraction of sp³-hybridized carbons (Fsp3) is 0.188. The number of nitrogens with one attached hydrogen (secondary N) is 2. The second kappa shape index (κ2) is 7.26. The summed E-state index contributed by atoms with van der Waals surface area (Å²) in [5.41, 5.74) is 5.10. The van der Waals surface area contributed by atoms with Gasteiger partial charge in [0.25, 0.3) is 11.8 Å². The predicted octanol–water partition coefficient (Wildman–Crippen LogP) is 1.59. The van der Waals surface area contributed by atoms with Crippen molar-refractivity contribution in [2.45, 2.75) is 20.0 Å². The summed E-state index contributed by atoms with van der Waals surface area (Å²) in [6, 6.07) is 9.84. The van der Waals surface area contributed by atoms with E-state index in [-0.39, 0.29) is 5.56 Å². The molecule has 0 saturated heterocycles. The number of hydrogen-bond acceptors (Lipinski definition) is 5. The lowest BCUT2D eigenvalue weighted by atomic mass is 10.2. The zero-order chi connectivity index (χ0) is 16.8. The third-order valence-corrected chi connectivity index (χ3v) is 3.07. The lowest BCUT2D eigenvalue weighted by Gasteiger charge is -2.13. The van der Waals surface area contributed by atoms with Gasteiger partial charge in [0.1, 0.15) is 11.3 Å². The Morgan fingerprint density at radius 3 is 2.39 bits per heavy atom. The summed E-state index contributed by atoms with van der Waals surface area (Å²) in [7, 11) is 0. The van der Waals surface area contributed by atoms with Crippen LogP contribution in [0.1, 0.15) is 33.4 Å². The molecule has 1 aromatic carbocycles. The average molecular weight is 316 g/mol. The molecule has 2 N–H and O–H groups in total. The topological polar surface area (TPSA) is 97.6 Å². The minimum absolute atomic E-state index is 0.248. The molecule has 1 atom stereocenters. The third kappa shape index (κ3) is 4.19. The summed E-state index contributed by atoms with van der Waals surface area (Å²) in [5.74, 6) is -1.39. The number of rotatable bonds is 4. The second-order valence-electron chi connectivity index (χ2n) is 4.75. The number of carbonyl (C=O) groups excluding carboxylic acids is 3. The Balaban J connectivity index is 1.85. The Kier molecular flexibility index (Phi) is 5.14. The molecule has 120 valence electrons. The fourth-order valence-electron chi connectivity index (χ4n) is 1.76. The minimum atomic E-state index is -1.08. The fourth-order valence-corrected chi connectivity index (χ4v) is 1.76. The number of aryl methyl sites for hydroxylation is 1. The molecule has 7 heteroatoms. The van der Waals surface area contributed by atoms with E-state index in [0.29, 0.717) is 11.3 Å². The first-order valence-corrected chi connectivity index (χ1v) is 6.89. The molecule has 2 aromatic rings. The summed E-state index contributed by atoms with van der Waals surface area (Å²) < 4.78 is 10.0. The number of benzene rings is 1. The molecule has 0 radical (unpaired) electrons. The van der Waals surface area contributed by atoms with Crippen molar-refractivity contribution in [3.63, 3.8) is 0 Å². The normalized spacial score (nSPS) is 11.4. The van der Waals surface area contributed by atoms with E-state index < -0.39 is 23.9 Å². The zero-order valence-corrected chi connectivity index (χ0v) is 12.7. The number of amides is 2. The van der Waals surface area contributed by atoms with Gasteiger partial charge in [0, 0.05) is 5.56 Å². The van der Waals surface area contributed by atoms with E-state index >= 15 is 0 Å². The summed E-state index contributed by atoms with van der Waals surface area (Å²) in [5, 5.41) is 0. The van der Waals surface area contributed by atoms with Gasteiger partial charge in [-0.05, 0) is 32.0 Å². The van der Waals surface area contributed by atoms with E-state index in [4.69, 9.17) is 9.15 Å². The molecule has 1 aromatic heterocycles. The maximum Gasteiger partial charge on any atom is 0.342 e. The van der Waals surface area contributed by atoms with Crippen molar-refractivity contribution in [3.8, 4) is 0 Å². The highest BCUT2D eigenvalue weighted by atomic mass is 16.5. The van der Waals surface area contributed by atoms with Gasteiger partial charge in [-0.15, -0.1) is 0 Å². The molecule has 0 unspecified atom stereocenters. The molecule has 0 aliphatic carbocycles. The van der Waals surface area contributed by atoms with Crippen LogP contribution in [0.2, 0.25) is 0 Å². The molecule has 7 nitrogen and oxygen atoms in total. The van der Waals surface area contributed by atoms with E-state index in [2.05, 4.69) is 10.9 Å². The van der Waals surface area contributed by atoms with Gasteiger partial charge in [0.05, 0.1) is 6.26 Å². The second-order valence-corrected chi connectivity index (χ2v) is 4.75. The number of hydrogen-bond donors (Lipinski definition) is 2. The standard InChI is InChI=1S/C16H16N2O5/c1-10-13(8-9-22-10)16(21)23-11(2)14(19)17-18-15(20)12-6-4-3-5-7-12/h3-9,11H,1-2H3,(H,17,19)(H,18,20)/t11-/m1/s1. The Labute approximate surface area is 132 Å². The molecule has 2 amide bonds. The largest absolute Gasteiger partial charge is 0.469 e. The number of furan rings is 1. The summed E-state index contributed by atoms with van der Waals surface area (Å²) in [6.07, 6.45) is 0.282. The van der Waals surface area contributed by atoms with Gasteiger partial charge >= 0.3 is 5.97 Å². The quantitative estimate of drug-likeness (QED) is 0.659. The Morgan fingerprint density at radius 1 is 1.09 bits per heavy atom. The van der Waals surface area contributed by atoms with Gasteiger partial charge < -0.3 is 9.15 Å². The monoisotopic (exact) mass is 316 g/mol. The molecule has 0 aliphatic rings. The molecule has 0 fully saturated rings.